The summed E-state index contributed by atoms with van der Waals surface area (Å²) in [7, 11) is 4.80. The summed E-state index contributed by atoms with van der Waals surface area (Å²) >= 11 is 0. The number of ether oxygens (including phenoxy) is 3. The highest BCUT2D eigenvalue weighted by molar-refractivity contribution is 5.95. The van der Waals surface area contributed by atoms with Crippen LogP contribution in [-0.2, 0) is 9.53 Å². The zero-order valence-corrected chi connectivity index (χ0v) is 22.9. The van der Waals surface area contributed by atoms with Gasteiger partial charge >= 0.3 is 12.0 Å². The number of rotatable bonds is 8. The van der Waals surface area contributed by atoms with E-state index in [1.165, 1.54) is 4.90 Å². The molecule has 0 saturated carbocycles. The molecule has 0 bridgehead atoms. The number of hydrogen-bond donors (Lipinski definition) is 1. The lowest BCUT2D eigenvalue weighted by Crippen LogP contribution is -2.49. The summed E-state index contributed by atoms with van der Waals surface area (Å²) in [5, 5.41) is 2.94. The van der Waals surface area contributed by atoms with Crippen molar-refractivity contribution in [3.8, 4) is 11.5 Å². The first kappa shape index (κ1) is 28.0. The average molecular weight is 537 g/mol. The number of para-hydroxylation sites is 1. The molecule has 10 nitrogen and oxygen atoms in total. The van der Waals surface area contributed by atoms with Crippen LogP contribution in [0.3, 0.4) is 0 Å². The van der Waals surface area contributed by atoms with E-state index >= 15 is 0 Å². The van der Waals surface area contributed by atoms with Crippen molar-refractivity contribution in [2.75, 3.05) is 60.6 Å². The van der Waals surface area contributed by atoms with Gasteiger partial charge in [0, 0.05) is 56.6 Å². The average Bonchev–Trinajstić information content (AvgIpc) is 3.20. The molecule has 10 heteroatoms. The topological polar surface area (TPSA) is 101 Å². The molecule has 1 atom stereocenters. The van der Waals surface area contributed by atoms with E-state index in [1.54, 1.807) is 58.5 Å². The zero-order valence-electron chi connectivity index (χ0n) is 22.9. The van der Waals surface area contributed by atoms with Crippen molar-refractivity contribution in [1.29, 1.82) is 0 Å². The summed E-state index contributed by atoms with van der Waals surface area (Å²) in [6.45, 7) is 4.76. The van der Waals surface area contributed by atoms with Crippen LogP contribution in [0.4, 0.5) is 4.79 Å². The summed E-state index contributed by atoms with van der Waals surface area (Å²) in [6, 6.07) is 13.4. The summed E-state index contributed by atoms with van der Waals surface area (Å²) in [5.74, 6) is 0.750. The lowest BCUT2D eigenvalue weighted by atomic mass is 9.93. The maximum Gasteiger partial charge on any atom is 0.338 e. The molecule has 0 aliphatic carbocycles. The van der Waals surface area contributed by atoms with Gasteiger partial charge in [0.2, 0.25) is 0 Å². The van der Waals surface area contributed by atoms with Gasteiger partial charge in [0.05, 0.1) is 32.4 Å². The lowest BCUT2D eigenvalue weighted by Gasteiger charge is -2.37. The molecule has 1 N–H and O–H groups in total. The summed E-state index contributed by atoms with van der Waals surface area (Å²) in [6.07, 6.45) is 0.760. The Morgan fingerprint density at radius 1 is 0.974 bits per heavy atom. The van der Waals surface area contributed by atoms with E-state index in [9.17, 15) is 14.4 Å². The van der Waals surface area contributed by atoms with Crippen LogP contribution < -0.4 is 14.8 Å². The fourth-order valence-corrected chi connectivity index (χ4v) is 5.00. The van der Waals surface area contributed by atoms with E-state index in [0.717, 1.165) is 6.42 Å². The van der Waals surface area contributed by atoms with Gasteiger partial charge in [-0.15, -0.1) is 0 Å². The Morgan fingerprint density at radius 3 is 2.41 bits per heavy atom. The number of carbonyl (C=O) groups excluding carboxylic acids is 3. The van der Waals surface area contributed by atoms with Crippen LogP contribution in [0.25, 0.3) is 0 Å². The molecule has 4 rings (SSSR count). The highest BCUT2D eigenvalue weighted by Crippen LogP contribution is 2.36. The number of hydrogen-bond acceptors (Lipinski definition) is 7. The van der Waals surface area contributed by atoms with Crippen LogP contribution >= 0.6 is 0 Å². The third-order valence-corrected chi connectivity index (χ3v) is 7.11. The van der Waals surface area contributed by atoms with E-state index in [2.05, 4.69) is 10.2 Å². The Hall–Kier alpha value is -4.05. The van der Waals surface area contributed by atoms with Crippen LogP contribution in [0.1, 0.15) is 35.3 Å². The Labute approximate surface area is 229 Å². The van der Waals surface area contributed by atoms with Gasteiger partial charge < -0.3 is 24.4 Å². The van der Waals surface area contributed by atoms with E-state index < -0.39 is 12.0 Å². The van der Waals surface area contributed by atoms with Crippen molar-refractivity contribution >= 4 is 17.9 Å². The molecule has 208 valence electrons. The maximum absolute atomic E-state index is 13.3. The van der Waals surface area contributed by atoms with E-state index in [1.807, 2.05) is 23.1 Å². The van der Waals surface area contributed by atoms with Crippen molar-refractivity contribution in [3.05, 3.63) is 70.9 Å². The van der Waals surface area contributed by atoms with Gasteiger partial charge in [0.15, 0.2) is 0 Å². The monoisotopic (exact) mass is 536 g/mol. The number of carbonyl (C=O) groups is 3. The number of likely N-dealkylation sites (N-methyl/N-ethyl adjacent to an activating group) is 1. The largest absolute Gasteiger partial charge is 0.497 e. The van der Waals surface area contributed by atoms with Crippen molar-refractivity contribution in [3.63, 3.8) is 0 Å². The lowest BCUT2D eigenvalue weighted by molar-refractivity contribution is -0.139. The minimum Gasteiger partial charge on any atom is -0.497 e. The third kappa shape index (κ3) is 6.17. The van der Waals surface area contributed by atoms with Crippen LogP contribution in [0, 0.1) is 0 Å². The van der Waals surface area contributed by atoms with Gasteiger partial charge in [-0.2, -0.15) is 0 Å². The Kier molecular flexibility index (Phi) is 9.08. The summed E-state index contributed by atoms with van der Waals surface area (Å²) in [5.41, 5.74) is 2.23. The predicted molar refractivity (Wildman–Crippen MR) is 146 cm³/mol. The Morgan fingerprint density at radius 2 is 1.72 bits per heavy atom. The molecule has 2 aromatic carbocycles. The second-order valence-corrected chi connectivity index (χ2v) is 9.41. The smallest absolute Gasteiger partial charge is 0.338 e. The maximum atomic E-state index is 13.3. The fraction of sp³-hybridized carbons (Fsp3) is 0.414. The molecule has 2 aliphatic rings. The third-order valence-electron chi connectivity index (χ3n) is 7.11. The molecule has 0 radical (unpaired) electrons. The van der Waals surface area contributed by atoms with Gasteiger partial charge in [0.1, 0.15) is 11.5 Å². The van der Waals surface area contributed by atoms with Crippen molar-refractivity contribution in [2.45, 2.75) is 19.4 Å². The SMILES string of the molecule is CCOC(=O)C1=C(CN2CCCN(C(=O)c3ccc(OC)cc3)CC2)N(C)C(=O)N[C@H]1c1ccccc1OC. The molecule has 2 aliphatic heterocycles. The first-order valence-corrected chi connectivity index (χ1v) is 13.1. The normalized spacial score (nSPS) is 18.4. The molecule has 0 spiro atoms. The first-order valence-electron chi connectivity index (χ1n) is 13.1. The molecule has 2 aromatic rings. The summed E-state index contributed by atoms with van der Waals surface area (Å²) in [4.78, 5) is 45.0. The number of nitrogens with zero attached hydrogens (tertiary/aromatic N) is 3. The van der Waals surface area contributed by atoms with Gasteiger partial charge in [-0.25, -0.2) is 9.59 Å². The van der Waals surface area contributed by atoms with Gasteiger partial charge in [-0.05, 0) is 43.7 Å². The zero-order chi connectivity index (χ0) is 27.9. The van der Waals surface area contributed by atoms with Crippen molar-refractivity contribution in [1.82, 2.24) is 20.0 Å². The van der Waals surface area contributed by atoms with E-state index in [-0.39, 0.29) is 18.5 Å². The van der Waals surface area contributed by atoms with E-state index in [4.69, 9.17) is 14.2 Å². The van der Waals surface area contributed by atoms with Crippen LogP contribution in [0.5, 0.6) is 11.5 Å². The molecule has 1 saturated heterocycles. The number of urea groups is 1. The molecule has 3 amide bonds. The second kappa shape index (κ2) is 12.7. The van der Waals surface area contributed by atoms with Crippen LogP contribution in [-0.4, -0.2) is 93.2 Å². The minimum atomic E-state index is -0.723. The molecule has 39 heavy (non-hydrogen) atoms. The molecule has 0 unspecified atom stereocenters. The molecular weight excluding hydrogens is 500 g/mol. The highest BCUT2D eigenvalue weighted by Gasteiger charge is 2.38. The standard InChI is InChI=1S/C29H36N4O6/c1-5-39-28(35)25-23(31(2)29(36)30-26(25)22-9-6-7-10-24(22)38-4)19-32-15-8-16-33(18-17-32)27(34)20-11-13-21(37-3)14-12-20/h6-7,9-14,26H,5,8,15-19H2,1-4H3,(H,30,36)/t26-/m0/s1. The fourth-order valence-electron chi connectivity index (χ4n) is 5.00. The molecule has 0 aromatic heterocycles. The quantitative estimate of drug-likeness (QED) is 0.518. The Balaban J connectivity index is 1.59. The first-order chi connectivity index (χ1) is 18.9. The van der Waals surface area contributed by atoms with Gasteiger partial charge in [-0.1, -0.05) is 18.2 Å². The molecular formula is C29H36N4O6. The van der Waals surface area contributed by atoms with Crippen LogP contribution in [0.15, 0.2) is 59.8 Å². The van der Waals surface area contributed by atoms with Crippen molar-refractivity contribution < 1.29 is 28.6 Å². The Bertz CT molecular complexity index is 1230. The minimum absolute atomic E-state index is 0.0312. The molecule has 1 fully saturated rings. The molecule has 2 heterocycles. The predicted octanol–water partition coefficient (Wildman–Crippen LogP) is 3.07. The number of methoxy groups -OCH3 is 2. The van der Waals surface area contributed by atoms with Gasteiger partial charge in [0.25, 0.3) is 5.91 Å². The second-order valence-electron chi connectivity index (χ2n) is 9.41. The van der Waals surface area contributed by atoms with Gasteiger partial charge in [-0.3, -0.25) is 14.6 Å². The summed E-state index contributed by atoms with van der Waals surface area (Å²) < 4.78 is 16.2. The highest BCUT2D eigenvalue weighted by atomic mass is 16.5. The van der Waals surface area contributed by atoms with E-state index in [0.29, 0.717) is 66.6 Å². The number of esters is 1. The number of nitrogens with one attached hydrogen (secondary N) is 1. The number of amides is 3. The number of benzene rings is 2. The van der Waals surface area contributed by atoms with Crippen LogP contribution in [0.2, 0.25) is 0 Å². The van der Waals surface area contributed by atoms with Crippen molar-refractivity contribution in [2.24, 2.45) is 0 Å².